The zero-order valence-electron chi connectivity index (χ0n) is 11.7. The Morgan fingerprint density at radius 1 is 1.00 bits per heavy atom. The number of nitro benzene ring substituents is 2. The second-order valence-electron chi connectivity index (χ2n) is 4.45. The summed E-state index contributed by atoms with van der Waals surface area (Å²) in [7, 11) is -4.37. The molecule has 0 aliphatic carbocycles. The van der Waals surface area contributed by atoms with Crippen LogP contribution in [-0.2, 0) is 10.1 Å². The second kappa shape index (κ2) is 6.01. The van der Waals surface area contributed by atoms with Gasteiger partial charge in [-0.25, -0.2) is 0 Å². The van der Waals surface area contributed by atoms with Crippen molar-refractivity contribution in [1.82, 2.24) is 0 Å². The molecule has 0 atom stereocenters. The molecule has 120 valence electrons. The van der Waals surface area contributed by atoms with Crippen molar-refractivity contribution in [2.45, 2.75) is 11.8 Å². The third-order valence-electron chi connectivity index (χ3n) is 2.96. The monoisotopic (exact) mass is 338 g/mol. The molecular weight excluding hydrogens is 328 g/mol. The highest BCUT2D eigenvalue weighted by Gasteiger charge is 2.25. The minimum atomic E-state index is -4.37. The number of benzene rings is 2. The summed E-state index contributed by atoms with van der Waals surface area (Å²) >= 11 is 0. The van der Waals surface area contributed by atoms with Gasteiger partial charge in [-0.1, -0.05) is 12.1 Å². The first-order valence-electron chi connectivity index (χ1n) is 6.15. The summed E-state index contributed by atoms with van der Waals surface area (Å²) in [6, 6.07) is 8.17. The van der Waals surface area contributed by atoms with E-state index in [1.165, 1.54) is 37.3 Å². The molecule has 23 heavy (non-hydrogen) atoms. The van der Waals surface area contributed by atoms with Crippen molar-refractivity contribution < 1.29 is 22.4 Å². The number of nitro groups is 2. The van der Waals surface area contributed by atoms with Crippen LogP contribution in [0.4, 0.5) is 11.4 Å². The summed E-state index contributed by atoms with van der Waals surface area (Å²) in [5, 5.41) is 21.6. The van der Waals surface area contributed by atoms with Crippen molar-refractivity contribution in [1.29, 1.82) is 0 Å². The summed E-state index contributed by atoms with van der Waals surface area (Å²) in [4.78, 5) is 19.8. The maximum Gasteiger partial charge on any atom is 0.339 e. The maximum absolute atomic E-state index is 12.3. The second-order valence-corrected chi connectivity index (χ2v) is 5.96. The molecule has 0 fully saturated rings. The van der Waals surface area contributed by atoms with Crippen molar-refractivity contribution in [3.63, 3.8) is 0 Å². The molecule has 2 aromatic rings. The SMILES string of the molecule is Cc1c([N+](=O)[O-])cccc1S(=O)(=O)Oc1cccc([N+](=O)[O-])c1. The Labute approximate surface area is 130 Å². The van der Waals surface area contributed by atoms with Crippen LogP contribution < -0.4 is 4.18 Å². The summed E-state index contributed by atoms with van der Waals surface area (Å²) in [6.45, 7) is 1.28. The van der Waals surface area contributed by atoms with Gasteiger partial charge in [0.05, 0.1) is 15.9 Å². The van der Waals surface area contributed by atoms with E-state index in [4.69, 9.17) is 4.18 Å². The molecule has 0 spiro atoms. The van der Waals surface area contributed by atoms with Crippen LogP contribution in [0.3, 0.4) is 0 Å². The van der Waals surface area contributed by atoms with E-state index in [0.29, 0.717) is 0 Å². The lowest BCUT2D eigenvalue weighted by atomic mass is 10.2. The molecule has 0 aromatic heterocycles. The zero-order valence-corrected chi connectivity index (χ0v) is 12.5. The van der Waals surface area contributed by atoms with Crippen molar-refractivity contribution >= 4 is 21.5 Å². The van der Waals surface area contributed by atoms with Crippen LogP contribution in [0.25, 0.3) is 0 Å². The van der Waals surface area contributed by atoms with Crippen LogP contribution in [0.15, 0.2) is 47.4 Å². The van der Waals surface area contributed by atoms with E-state index in [9.17, 15) is 28.6 Å². The minimum absolute atomic E-state index is 0.0806. The van der Waals surface area contributed by atoms with Gasteiger partial charge in [-0.15, -0.1) is 0 Å². The Morgan fingerprint density at radius 3 is 2.26 bits per heavy atom. The Bertz CT molecular complexity index is 893. The van der Waals surface area contributed by atoms with Crippen LogP contribution in [0.2, 0.25) is 0 Å². The highest BCUT2D eigenvalue weighted by molar-refractivity contribution is 7.87. The maximum atomic E-state index is 12.3. The standard InChI is InChI=1S/C13H10N2O7S/c1-9-12(15(18)19)6-3-7-13(9)23(20,21)22-11-5-2-4-10(8-11)14(16)17/h2-8H,1H3. The van der Waals surface area contributed by atoms with E-state index >= 15 is 0 Å². The largest absolute Gasteiger partial charge is 0.379 e. The molecule has 2 aromatic carbocycles. The molecule has 0 aliphatic rings. The van der Waals surface area contributed by atoms with E-state index in [1.54, 1.807) is 0 Å². The molecule has 0 N–H and O–H groups in total. The summed E-state index contributed by atoms with van der Waals surface area (Å²) in [5.74, 6) is -0.259. The lowest BCUT2D eigenvalue weighted by Gasteiger charge is -2.09. The van der Waals surface area contributed by atoms with E-state index in [0.717, 1.165) is 12.1 Å². The molecule has 10 heteroatoms. The van der Waals surface area contributed by atoms with Crippen LogP contribution in [0, 0.1) is 27.2 Å². The quantitative estimate of drug-likeness (QED) is 0.465. The van der Waals surface area contributed by atoms with Gasteiger partial charge < -0.3 is 4.18 Å². The van der Waals surface area contributed by atoms with Crippen molar-refractivity contribution in [3.05, 3.63) is 68.3 Å². The predicted octanol–water partition coefficient (Wildman–Crippen LogP) is 2.58. The van der Waals surface area contributed by atoms with Gasteiger partial charge in [0.25, 0.3) is 11.4 Å². The van der Waals surface area contributed by atoms with Crippen molar-refractivity contribution in [2.24, 2.45) is 0 Å². The first-order valence-corrected chi connectivity index (χ1v) is 7.56. The summed E-state index contributed by atoms with van der Waals surface area (Å²) in [5.41, 5.74) is -0.787. The van der Waals surface area contributed by atoms with Crippen molar-refractivity contribution in [2.75, 3.05) is 0 Å². The van der Waals surface area contributed by atoms with Crippen molar-refractivity contribution in [3.8, 4) is 5.75 Å². The fourth-order valence-corrected chi connectivity index (χ4v) is 3.06. The molecule has 0 bridgehead atoms. The average molecular weight is 338 g/mol. The minimum Gasteiger partial charge on any atom is -0.379 e. The third-order valence-corrected chi connectivity index (χ3v) is 4.35. The Hall–Kier alpha value is -3.01. The Balaban J connectivity index is 2.44. The van der Waals surface area contributed by atoms with Crippen LogP contribution in [0.5, 0.6) is 5.75 Å². The highest BCUT2D eigenvalue weighted by atomic mass is 32.2. The van der Waals surface area contributed by atoms with Gasteiger partial charge in [0.15, 0.2) is 0 Å². The molecule has 0 saturated carbocycles. The molecule has 0 unspecified atom stereocenters. The first-order chi connectivity index (χ1) is 10.7. The van der Waals surface area contributed by atoms with Crippen LogP contribution in [-0.4, -0.2) is 18.3 Å². The average Bonchev–Trinajstić information content (AvgIpc) is 2.46. The molecule has 0 aliphatic heterocycles. The zero-order chi connectivity index (χ0) is 17.2. The van der Waals surface area contributed by atoms with Gasteiger partial charge in [-0.2, -0.15) is 8.42 Å². The third kappa shape index (κ3) is 3.43. The van der Waals surface area contributed by atoms with E-state index in [-0.39, 0.29) is 27.6 Å². The normalized spacial score (nSPS) is 11.0. The topological polar surface area (TPSA) is 130 Å². The number of non-ortho nitro benzene ring substituents is 1. The smallest absolute Gasteiger partial charge is 0.339 e. The van der Waals surface area contributed by atoms with Crippen LogP contribution in [0.1, 0.15) is 5.56 Å². The van der Waals surface area contributed by atoms with E-state index in [2.05, 4.69) is 0 Å². The molecule has 0 amide bonds. The molecular formula is C13H10N2O7S. The predicted molar refractivity (Wildman–Crippen MR) is 78.7 cm³/mol. The fourth-order valence-electron chi connectivity index (χ4n) is 1.89. The van der Waals surface area contributed by atoms with Crippen LogP contribution >= 0.6 is 0 Å². The van der Waals surface area contributed by atoms with E-state index < -0.39 is 20.0 Å². The number of hydrogen-bond acceptors (Lipinski definition) is 7. The number of hydrogen-bond donors (Lipinski definition) is 0. The fraction of sp³-hybridized carbons (Fsp3) is 0.0769. The van der Waals surface area contributed by atoms with Gasteiger partial charge in [0.1, 0.15) is 10.6 Å². The Kier molecular flexibility index (Phi) is 4.27. The number of nitrogens with zero attached hydrogens (tertiary/aromatic N) is 2. The van der Waals surface area contributed by atoms with Gasteiger partial charge in [0.2, 0.25) is 0 Å². The molecule has 0 radical (unpaired) electrons. The molecule has 2 rings (SSSR count). The molecule has 0 heterocycles. The lowest BCUT2D eigenvalue weighted by molar-refractivity contribution is -0.385. The summed E-state index contributed by atoms with van der Waals surface area (Å²) < 4.78 is 29.4. The highest BCUT2D eigenvalue weighted by Crippen LogP contribution is 2.28. The summed E-state index contributed by atoms with van der Waals surface area (Å²) in [6.07, 6.45) is 0. The van der Waals surface area contributed by atoms with Gasteiger partial charge in [-0.3, -0.25) is 20.2 Å². The first kappa shape index (κ1) is 16.4. The van der Waals surface area contributed by atoms with Gasteiger partial charge >= 0.3 is 10.1 Å². The lowest BCUT2D eigenvalue weighted by Crippen LogP contribution is -2.12. The van der Waals surface area contributed by atoms with E-state index in [1.807, 2.05) is 0 Å². The molecule has 9 nitrogen and oxygen atoms in total. The van der Waals surface area contributed by atoms with Gasteiger partial charge in [-0.05, 0) is 19.1 Å². The molecule has 0 saturated heterocycles. The Morgan fingerprint density at radius 2 is 1.65 bits per heavy atom. The number of rotatable bonds is 5. The van der Waals surface area contributed by atoms with Gasteiger partial charge in [0, 0.05) is 17.7 Å².